The third kappa shape index (κ3) is 3.89. The largest absolute Gasteiger partial charge is 0.444 e. The van der Waals surface area contributed by atoms with E-state index in [0.717, 1.165) is 0 Å². The minimum absolute atomic E-state index is 0.221. The van der Waals surface area contributed by atoms with E-state index in [2.05, 4.69) is 10.5 Å². The van der Waals surface area contributed by atoms with Crippen molar-refractivity contribution < 1.29 is 18.7 Å². The number of fused-ring (bicyclic) bond motifs is 1. The van der Waals surface area contributed by atoms with Gasteiger partial charge >= 0.3 is 6.09 Å². The van der Waals surface area contributed by atoms with Crippen LogP contribution in [-0.4, -0.2) is 38.8 Å². The number of hydrogen-bond donors (Lipinski definition) is 2. The van der Waals surface area contributed by atoms with Gasteiger partial charge < -0.3 is 9.64 Å². The van der Waals surface area contributed by atoms with Gasteiger partial charge in [-0.05, 0) is 64.8 Å². The van der Waals surface area contributed by atoms with Crippen molar-refractivity contribution in [2.75, 3.05) is 6.54 Å². The smallest absolute Gasteiger partial charge is 0.410 e. The van der Waals surface area contributed by atoms with Crippen molar-refractivity contribution in [3.63, 3.8) is 0 Å². The third-order valence-electron chi connectivity index (χ3n) is 5.11. The van der Waals surface area contributed by atoms with Gasteiger partial charge in [-0.2, -0.15) is 5.10 Å². The SMILES string of the molecule is Cc1cc(-n2nc3c(c2C(=O)NN)[C@H](C)N(C(=O)OC(C)(C)C)CC3)cc(C)c1F. The van der Waals surface area contributed by atoms with Crippen molar-refractivity contribution in [3.05, 3.63) is 46.0 Å². The van der Waals surface area contributed by atoms with E-state index in [4.69, 9.17) is 10.6 Å². The number of hydrogen-bond acceptors (Lipinski definition) is 5. The maximum absolute atomic E-state index is 14.1. The summed E-state index contributed by atoms with van der Waals surface area (Å²) in [6.07, 6.45) is -0.00314. The number of nitrogen functional groups attached to an aromatic ring is 1. The monoisotopic (exact) mass is 417 g/mol. The summed E-state index contributed by atoms with van der Waals surface area (Å²) < 4.78 is 21.1. The first-order valence-electron chi connectivity index (χ1n) is 9.84. The molecule has 0 spiro atoms. The van der Waals surface area contributed by atoms with E-state index in [1.54, 1.807) is 51.7 Å². The van der Waals surface area contributed by atoms with E-state index < -0.39 is 23.6 Å². The lowest BCUT2D eigenvalue weighted by atomic mass is 9.97. The predicted octanol–water partition coefficient (Wildman–Crippen LogP) is 3.09. The molecule has 3 rings (SSSR count). The summed E-state index contributed by atoms with van der Waals surface area (Å²) in [5.74, 6) is 4.60. The summed E-state index contributed by atoms with van der Waals surface area (Å²) in [4.78, 5) is 27.0. The average molecular weight is 417 g/mol. The minimum Gasteiger partial charge on any atom is -0.444 e. The van der Waals surface area contributed by atoms with Crippen LogP contribution in [0.15, 0.2) is 12.1 Å². The second kappa shape index (κ2) is 7.71. The molecule has 3 N–H and O–H groups in total. The molecule has 2 amide bonds. The maximum atomic E-state index is 14.1. The first-order chi connectivity index (χ1) is 13.9. The van der Waals surface area contributed by atoms with Crippen LogP contribution in [0.1, 0.15) is 66.6 Å². The van der Waals surface area contributed by atoms with Gasteiger partial charge in [0.1, 0.15) is 17.1 Å². The van der Waals surface area contributed by atoms with Crippen LogP contribution in [0.25, 0.3) is 5.69 Å². The van der Waals surface area contributed by atoms with E-state index in [0.29, 0.717) is 41.0 Å². The van der Waals surface area contributed by atoms with Crippen LogP contribution in [-0.2, 0) is 11.2 Å². The van der Waals surface area contributed by atoms with Gasteiger partial charge in [-0.3, -0.25) is 10.2 Å². The molecule has 0 saturated heterocycles. The van der Waals surface area contributed by atoms with Crippen LogP contribution < -0.4 is 11.3 Å². The topological polar surface area (TPSA) is 102 Å². The van der Waals surface area contributed by atoms with Gasteiger partial charge in [0.25, 0.3) is 5.91 Å². The molecule has 2 aromatic rings. The molecule has 0 saturated carbocycles. The number of aryl methyl sites for hydroxylation is 2. The molecule has 0 aliphatic carbocycles. The van der Waals surface area contributed by atoms with Crippen LogP contribution in [0, 0.1) is 19.7 Å². The fourth-order valence-corrected chi connectivity index (χ4v) is 3.76. The lowest BCUT2D eigenvalue weighted by Crippen LogP contribution is -2.43. The predicted molar refractivity (Wildman–Crippen MR) is 110 cm³/mol. The van der Waals surface area contributed by atoms with Gasteiger partial charge in [-0.25, -0.2) is 19.7 Å². The molecule has 0 unspecified atom stereocenters. The highest BCUT2D eigenvalue weighted by Gasteiger charge is 2.37. The highest BCUT2D eigenvalue weighted by atomic mass is 19.1. The number of ether oxygens (including phenoxy) is 1. The Morgan fingerprint density at radius 2 is 1.87 bits per heavy atom. The van der Waals surface area contributed by atoms with Crippen LogP contribution in [0.2, 0.25) is 0 Å². The average Bonchev–Trinajstić information content (AvgIpc) is 3.04. The molecule has 1 aromatic heterocycles. The van der Waals surface area contributed by atoms with Gasteiger partial charge in [0.15, 0.2) is 0 Å². The number of aromatic nitrogens is 2. The Balaban J connectivity index is 2.12. The molecule has 1 aliphatic rings. The summed E-state index contributed by atoms with van der Waals surface area (Å²) >= 11 is 0. The summed E-state index contributed by atoms with van der Waals surface area (Å²) in [5.41, 5.74) is 4.49. The molecule has 0 bridgehead atoms. The zero-order chi connectivity index (χ0) is 22.4. The number of rotatable bonds is 2. The molecular formula is C21H28FN5O3. The highest BCUT2D eigenvalue weighted by Crippen LogP contribution is 2.34. The van der Waals surface area contributed by atoms with E-state index in [-0.39, 0.29) is 11.5 Å². The standard InChI is InChI=1S/C21H28FN5O3/c1-11-9-14(10-12(2)17(11)22)27-18(19(28)24-23)16-13(3)26(8-7-15(16)25-27)20(29)30-21(4,5)6/h9-10,13H,7-8,23H2,1-6H3,(H,24,28)/t13-/m0/s1. The number of carbonyl (C=O) groups excluding carboxylic acids is 2. The van der Waals surface area contributed by atoms with Gasteiger partial charge in [-0.1, -0.05) is 0 Å². The van der Waals surface area contributed by atoms with Crippen LogP contribution in [0.4, 0.5) is 9.18 Å². The molecule has 162 valence electrons. The van der Waals surface area contributed by atoms with E-state index in [9.17, 15) is 14.0 Å². The zero-order valence-electron chi connectivity index (χ0n) is 18.2. The summed E-state index contributed by atoms with van der Waals surface area (Å²) in [6.45, 7) is 10.9. The fourth-order valence-electron chi connectivity index (χ4n) is 3.76. The highest BCUT2D eigenvalue weighted by molar-refractivity contribution is 5.95. The number of carbonyl (C=O) groups is 2. The van der Waals surface area contributed by atoms with Crippen LogP contribution in [0.5, 0.6) is 0 Å². The van der Waals surface area contributed by atoms with E-state index in [1.807, 2.05) is 6.92 Å². The number of nitrogens with two attached hydrogens (primary N) is 1. The number of halogens is 1. The van der Waals surface area contributed by atoms with Crippen molar-refractivity contribution in [3.8, 4) is 5.69 Å². The zero-order valence-corrected chi connectivity index (χ0v) is 18.2. The molecule has 30 heavy (non-hydrogen) atoms. The Bertz CT molecular complexity index is 986. The van der Waals surface area contributed by atoms with Crippen LogP contribution >= 0.6 is 0 Å². The number of amides is 2. The Morgan fingerprint density at radius 3 is 2.40 bits per heavy atom. The number of nitrogens with zero attached hydrogens (tertiary/aromatic N) is 3. The van der Waals surface area contributed by atoms with Gasteiger partial charge in [0, 0.05) is 18.5 Å². The van der Waals surface area contributed by atoms with Crippen molar-refractivity contribution in [2.24, 2.45) is 5.84 Å². The van der Waals surface area contributed by atoms with Crippen LogP contribution in [0.3, 0.4) is 0 Å². The normalized spacial score (nSPS) is 16.3. The van der Waals surface area contributed by atoms with Crippen molar-refractivity contribution in [2.45, 2.75) is 59.6 Å². The third-order valence-corrected chi connectivity index (χ3v) is 5.11. The fraction of sp³-hybridized carbons (Fsp3) is 0.476. The quantitative estimate of drug-likeness (QED) is 0.444. The lowest BCUT2D eigenvalue weighted by molar-refractivity contribution is 0.0158. The van der Waals surface area contributed by atoms with Crippen molar-refractivity contribution in [1.82, 2.24) is 20.1 Å². The molecule has 1 aliphatic heterocycles. The molecule has 2 heterocycles. The molecule has 1 aromatic carbocycles. The lowest BCUT2D eigenvalue weighted by Gasteiger charge is -2.34. The second-order valence-corrected chi connectivity index (χ2v) is 8.59. The van der Waals surface area contributed by atoms with Gasteiger partial charge in [0.05, 0.1) is 17.4 Å². The number of hydrazine groups is 1. The van der Waals surface area contributed by atoms with Crippen molar-refractivity contribution in [1.29, 1.82) is 0 Å². The summed E-state index contributed by atoms with van der Waals surface area (Å²) in [7, 11) is 0. The molecule has 9 heteroatoms. The minimum atomic E-state index is -0.637. The second-order valence-electron chi connectivity index (χ2n) is 8.59. The van der Waals surface area contributed by atoms with Gasteiger partial charge in [0.2, 0.25) is 0 Å². The maximum Gasteiger partial charge on any atom is 0.410 e. The molecule has 1 atom stereocenters. The van der Waals surface area contributed by atoms with Gasteiger partial charge in [-0.15, -0.1) is 0 Å². The molecule has 8 nitrogen and oxygen atoms in total. The summed E-state index contributed by atoms with van der Waals surface area (Å²) in [6, 6.07) is 2.81. The van der Waals surface area contributed by atoms with E-state index >= 15 is 0 Å². The number of nitrogens with one attached hydrogen (secondary N) is 1. The Hall–Kier alpha value is -2.94. The first kappa shape index (κ1) is 21.8. The Labute approximate surface area is 175 Å². The number of benzene rings is 1. The molecule has 0 fully saturated rings. The van der Waals surface area contributed by atoms with Crippen molar-refractivity contribution >= 4 is 12.0 Å². The Morgan fingerprint density at radius 1 is 1.27 bits per heavy atom. The Kier molecular flexibility index (Phi) is 5.60. The van der Waals surface area contributed by atoms with E-state index in [1.165, 1.54) is 4.68 Å². The summed E-state index contributed by atoms with van der Waals surface area (Å²) in [5, 5.41) is 4.62. The first-order valence-corrected chi connectivity index (χ1v) is 9.84. The molecular weight excluding hydrogens is 389 g/mol. The molecule has 0 radical (unpaired) electrons.